The van der Waals surface area contributed by atoms with Gasteiger partial charge in [0.15, 0.2) is 0 Å². The van der Waals surface area contributed by atoms with Crippen LogP contribution in [0.1, 0.15) is 37.3 Å². The summed E-state index contributed by atoms with van der Waals surface area (Å²) < 4.78 is 16.4. The Bertz CT molecular complexity index is 539. The molecule has 1 amide bonds. The van der Waals surface area contributed by atoms with Crippen molar-refractivity contribution in [1.29, 1.82) is 0 Å². The van der Waals surface area contributed by atoms with E-state index in [1.807, 2.05) is 23.1 Å². The summed E-state index contributed by atoms with van der Waals surface area (Å²) in [5.74, 6) is 1.70. The zero-order valence-corrected chi connectivity index (χ0v) is 13.2. The molecule has 2 fully saturated rings. The highest BCUT2D eigenvalue weighted by Gasteiger charge is 2.37. The number of hydrogen-bond acceptors (Lipinski definition) is 4. The maximum absolute atomic E-state index is 12.7. The summed E-state index contributed by atoms with van der Waals surface area (Å²) in [4.78, 5) is 14.7. The second kappa shape index (κ2) is 6.57. The predicted octanol–water partition coefficient (Wildman–Crippen LogP) is 2.55. The smallest absolute Gasteiger partial charge is 0.252 e. The van der Waals surface area contributed by atoms with Crippen molar-refractivity contribution in [3.8, 4) is 11.5 Å². The molecule has 5 nitrogen and oxygen atoms in total. The number of likely N-dealkylation sites (tertiary alicyclic amines) is 1. The maximum Gasteiger partial charge on any atom is 0.252 e. The fraction of sp³-hybridized carbons (Fsp3) is 0.588. The van der Waals surface area contributed by atoms with Crippen LogP contribution in [0.5, 0.6) is 11.5 Å². The van der Waals surface area contributed by atoms with Crippen molar-refractivity contribution in [3.63, 3.8) is 0 Å². The molecule has 1 aromatic carbocycles. The van der Waals surface area contributed by atoms with Gasteiger partial charge in [-0.15, -0.1) is 0 Å². The topological polar surface area (TPSA) is 48.0 Å². The molecule has 3 rings (SSSR count). The highest BCUT2D eigenvalue weighted by molar-refractivity contribution is 5.82. The lowest BCUT2D eigenvalue weighted by Gasteiger charge is -2.28. The minimum atomic E-state index is -0.266. The van der Waals surface area contributed by atoms with Crippen molar-refractivity contribution in [2.24, 2.45) is 0 Å². The largest absolute Gasteiger partial charge is 0.497 e. The molecule has 0 spiro atoms. The minimum Gasteiger partial charge on any atom is -0.497 e. The van der Waals surface area contributed by atoms with Crippen LogP contribution in [-0.2, 0) is 9.53 Å². The quantitative estimate of drug-likeness (QED) is 0.858. The third kappa shape index (κ3) is 2.77. The van der Waals surface area contributed by atoms with E-state index in [2.05, 4.69) is 0 Å². The maximum atomic E-state index is 12.7. The highest BCUT2D eigenvalue weighted by Crippen LogP contribution is 2.39. The number of nitrogens with zero attached hydrogens (tertiary/aromatic N) is 1. The summed E-state index contributed by atoms with van der Waals surface area (Å²) >= 11 is 0. The van der Waals surface area contributed by atoms with E-state index in [0.717, 1.165) is 49.3 Å². The lowest BCUT2D eigenvalue weighted by atomic mass is 10.0. The van der Waals surface area contributed by atoms with Gasteiger partial charge in [0.25, 0.3) is 5.91 Å². The van der Waals surface area contributed by atoms with Gasteiger partial charge in [-0.25, -0.2) is 0 Å². The van der Waals surface area contributed by atoms with Gasteiger partial charge in [-0.1, -0.05) is 0 Å². The van der Waals surface area contributed by atoms with Gasteiger partial charge in [0.05, 0.1) is 20.3 Å². The number of benzene rings is 1. The van der Waals surface area contributed by atoms with Gasteiger partial charge in [-0.05, 0) is 43.9 Å². The first-order chi connectivity index (χ1) is 10.7. The first kappa shape index (κ1) is 15.2. The molecule has 2 heterocycles. The van der Waals surface area contributed by atoms with Gasteiger partial charge in [0.2, 0.25) is 0 Å². The second-order valence-corrected chi connectivity index (χ2v) is 5.80. The Hall–Kier alpha value is -1.75. The minimum absolute atomic E-state index is 0.0433. The number of amides is 1. The Morgan fingerprint density at radius 1 is 1.23 bits per heavy atom. The Morgan fingerprint density at radius 3 is 2.77 bits per heavy atom. The predicted molar refractivity (Wildman–Crippen MR) is 82.2 cm³/mol. The van der Waals surface area contributed by atoms with E-state index < -0.39 is 0 Å². The van der Waals surface area contributed by atoms with Gasteiger partial charge in [0, 0.05) is 18.7 Å². The van der Waals surface area contributed by atoms with Crippen molar-refractivity contribution >= 4 is 5.91 Å². The molecule has 2 atom stereocenters. The molecule has 1 aromatic rings. The molecule has 2 saturated heterocycles. The molecule has 5 heteroatoms. The van der Waals surface area contributed by atoms with Crippen molar-refractivity contribution in [3.05, 3.63) is 23.8 Å². The summed E-state index contributed by atoms with van der Waals surface area (Å²) in [5, 5.41) is 0. The van der Waals surface area contributed by atoms with Crippen molar-refractivity contribution in [2.45, 2.75) is 37.8 Å². The molecule has 0 radical (unpaired) electrons. The molecule has 22 heavy (non-hydrogen) atoms. The monoisotopic (exact) mass is 305 g/mol. The fourth-order valence-corrected chi connectivity index (χ4v) is 3.41. The van der Waals surface area contributed by atoms with Gasteiger partial charge in [0.1, 0.15) is 17.6 Å². The van der Waals surface area contributed by atoms with Crippen molar-refractivity contribution < 1.29 is 19.0 Å². The molecule has 2 aliphatic heterocycles. The molecule has 120 valence electrons. The summed E-state index contributed by atoms with van der Waals surface area (Å²) in [7, 11) is 3.31. The lowest BCUT2D eigenvalue weighted by Crippen LogP contribution is -2.38. The molecule has 0 N–H and O–H groups in total. The first-order valence-electron chi connectivity index (χ1n) is 7.88. The standard InChI is InChI=1S/C17H23NO4/c1-20-12-7-8-15(21-2)13(11-12)14-5-3-9-18(14)17(19)16-6-4-10-22-16/h7-8,11,14,16H,3-6,9-10H2,1-2H3/t14-,16-/m0/s1. The van der Waals surface area contributed by atoms with Crippen molar-refractivity contribution in [1.82, 2.24) is 4.90 Å². The normalized spacial score (nSPS) is 24.5. The molecule has 0 aliphatic carbocycles. The van der Waals surface area contributed by atoms with Crippen LogP contribution in [0.15, 0.2) is 18.2 Å². The number of carbonyl (C=O) groups is 1. The Kier molecular flexibility index (Phi) is 4.52. The molecule has 2 aliphatic rings. The Morgan fingerprint density at radius 2 is 2.09 bits per heavy atom. The van der Waals surface area contributed by atoms with E-state index in [1.54, 1.807) is 14.2 Å². The van der Waals surface area contributed by atoms with E-state index in [1.165, 1.54) is 0 Å². The zero-order chi connectivity index (χ0) is 15.5. The molecular formula is C17H23NO4. The first-order valence-corrected chi connectivity index (χ1v) is 7.88. The van der Waals surface area contributed by atoms with Gasteiger partial charge in [-0.2, -0.15) is 0 Å². The Balaban J connectivity index is 1.87. The Labute approximate surface area is 131 Å². The number of methoxy groups -OCH3 is 2. The van der Waals surface area contributed by atoms with E-state index in [-0.39, 0.29) is 18.1 Å². The average Bonchev–Trinajstić information content (AvgIpc) is 3.24. The SMILES string of the molecule is COc1ccc(OC)c([C@@H]2CCCN2C(=O)[C@@H]2CCCO2)c1. The van der Waals surface area contributed by atoms with Crippen LogP contribution < -0.4 is 9.47 Å². The number of carbonyl (C=O) groups excluding carboxylic acids is 1. The van der Waals surface area contributed by atoms with Crippen LogP contribution in [-0.4, -0.2) is 44.3 Å². The summed E-state index contributed by atoms with van der Waals surface area (Å²) in [5.41, 5.74) is 1.02. The van der Waals surface area contributed by atoms with E-state index in [4.69, 9.17) is 14.2 Å². The number of rotatable bonds is 4. The van der Waals surface area contributed by atoms with Crippen molar-refractivity contribution in [2.75, 3.05) is 27.4 Å². The third-order valence-electron chi connectivity index (χ3n) is 4.54. The molecule has 0 aromatic heterocycles. The lowest BCUT2D eigenvalue weighted by molar-refractivity contribution is -0.141. The molecule has 0 bridgehead atoms. The summed E-state index contributed by atoms with van der Waals surface area (Å²) in [6.45, 7) is 1.47. The van der Waals surface area contributed by atoms with Gasteiger partial charge in [-0.3, -0.25) is 4.79 Å². The highest BCUT2D eigenvalue weighted by atomic mass is 16.5. The summed E-state index contributed by atoms with van der Waals surface area (Å²) in [6, 6.07) is 5.80. The molecule has 0 unspecified atom stereocenters. The zero-order valence-electron chi connectivity index (χ0n) is 13.2. The van der Waals surface area contributed by atoms with Crippen LogP contribution >= 0.6 is 0 Å². The van der Waals surface area contributed by atoms with Crippen LogP contribution in [0, 0.1) is 0 Å². The second-order valence-electron chi connectivity index (χ2n) is 5.80. The third-order valence-corrected chi connectivity index (χ3v) is 4.54. The van der Waals surface area contributed by atoms with Gasteiger partial charge < -0.3 is 19.1 Å². The van der Waals surface area contributed by atoms with Gasteiger partial charge >= 0.3 is 0 Å². The number of hydrogen-bond donors (Lipinski definition) is 0. The van der Waals surface area contributed by atoms with Crippen LogP contribution in [0.4, 0.5) is 0 Å². The number of ether oxygens (including phenoxy) is 3. The average molecular weight is 305 g/mol. The fourth-order valence-electron chi connectivity index (χ4n) is 3.41. The van der Waals surface area contributed by atoms with E-state index in [0.29, 0.717) is 6.61 Å². The van der Waals surface area contributed by atoms with E-state index in [9.17, 15) is 4.79 Å². The van der Waals surface area contributed by atoms with Crippen LogP contribution in [0.3, 0.4) is 0 Å². The van der Waals surface area contributed by atoms with E-state index >= 15 is 0 Å². The molecule has 0 saturated carbocycles. The summed E-state index contributed by atoms with van der Waals surface area (Å²) in [6.07, 6.45) is 3.48. The molecular weight excluding hydrogens is 282 g/mol. The van der Waals surface area contributed by atoms with Crippen LogP contribution in [0.2, 0.25) is 0 Å². The van der Waals surface area contributed by atoms with Crippen LogP contribution in [0.25, 0.3) is 0 Å².